The fraction of sp³-hybridized carbons (Fsp3) is 0.364. The minimum absolute atomic E-state index is 0.00654. The molecule has 0 saturated heterocycles. The van der Waals surface area contributed by atoms with Gasteiger partial charge in [-0.2, -0.15) is 0 Å². The molecule has 17 heavy (non-hydrogen) atoms. The van der Waals surface area contributed by atoms with E-state index in [0.29, 0.717) is 11.3 Å². The van der Waals surface area contributed by atoms with Gasteiger partial charge in [0, 0.05) is 37.3 Å². The summed E-state index contributed by atoms with van der Waals surface area (Å²) < 4.78 is 0. The van der Waals surface area contributed by atoms with Gasteiger partial charge in [-0.25, -0.2) is 0 Å². The molecule has 0 aliphatic carbocycles. The van der Waals surface area contributed by atoms with Crippen LogP contribution in [0, 0.1) is 10.1 Å². The molecule has 5 nitrogen and oxygen atoms in total. The number of carbonyl (C=O) groups is 1. The number of carbonyl (C=O) groups excluding carboxylic acids is 1. The summed E-state index contributed by atoms with van der Waals surface area (Å²) >= 11 is 1.15. The van der Waals surface area contributed by atoms with Crippen molar-refractivity contribution in [1.82, 2.24) is 0 Å². The highest BCUT2D eigenvalue weighted by Crippen LogP contribution is 2.23. The number of rotatable bonds is 5. The van der Waals surface area contributed by atoms with Crippen molar-refractivity contribution in [3.63, 3.8) is 0 Å². The number of nitro groups is 1. The fourth-order valence-corrected chi connectivity index (χ4v) is 1.96. The number of nitrogens with zero attached hydrogens (tertiary/aromatic N) is 1. The third-order valence-corrected chi connectivity index (χ3v) is 3.05. The highest BCUT2D eigenvalue weighted by Gasteiger charge is 2.13. The van der Waals surface area contributed by atoms with Crippen molar-refractivity contribution < 1.29 is 14.8 Å². The smallest absolute Gasteiger partial charge is 0.272 e. The maximum Gasteiger partial charge on any atom is 0.272 e. The number of hydrogen-bond donors (Lipinski definition) is 1. The van der Waals surface area contributed by atoms with Gasteiger partial charge in [0.2, 0.25) is 0 Å². The van der Waals surface area contributed by atoms with Gasteiger partial charge >= 0.3 is 0 Å². The van der Waals surface area contributed by atoms with Crippen LogP contribution >= 0.6 is 11.8 Å². The van der Waals surface area contributed by atoms with Gasteiger partial charge < -0.3 is 5.11 Å². The first kappa shape index (κ1) is 13.7. The Morgan fingerprint density at radius 3 is 2.76 bits per heavy atom. The van der Waals surface area contributed by atoms with E-state index in [-0.39, 0.29) is 23.8 Å². The van der Waals surface area contributed by atoms with E-state index in [1.165, 1.54) is 13.0 Å². The summed E-state index contributed by atoms with van der Waals surface area (Å²) in [6, 6.07) is 4.72. The molecule has 0 aliphatic rings. The normalized spacial score (nSPS) is 10.2. The summed E-state index contributed by atoms with van der Waals surface area (Å²) in [6.45, 7) is 1.34. The van der Waals surface area contributed by atoms with Gasteiger partial charge in [0.05, 0.1) is 4.92 Å². The minimum Gasteiger partial charge on any atom is -0.396 e. The van der Waals surface area contributed by atoms with E-state index in [9.17, 15) is 14.9 Å². The van der Waals surface area contributed by atoms with Gasteiger partial charge in [0.25, 0.3) is 5.69 Å². The van der Waals surface area contributed by atoms with Crippen molar-refractivity contribution in [3.8, 4) is 0 Å². The summed E-state index contributed by atoms with van der Waals surface area (Å²) in [5.41, 5.74) is 1.36. The van der Waals surface area contributed by atoms with E-state index in [4.69, 9.17) is 5.11 Å². The summed E-state index contributed by atoms with van der Waals surface area (Å²) in [5.74, 6) is 0.492. The van der Waals surface area contributed by atoms with Crippen LogP contribution in [0.2, 0.25) is 0 Å². The molecule has 0 unspecified atom stereocenters. The van der Waals surface area contributed by atoms with Crippen molar-refractivity contribution in [2.24, 2.45) is 0 Å². The summed E-state index contributed by atoms with van der Waals surface area (Å²) in [6.07, 6.45) is 0.245. The highest BCUT2D eigenvalue weighted by atomic mass is 32.2. The van der Waals surface area contributed by atoms with Crippen molar-refractivity contribution in [1.29, 1.82) is 0 Å². The summed E-state index contributed by atoms with van der Waals surface area (Å²) in [4.78, 5) is 21.1. The lowest BCUT2D eigenvalue weighted by atomic mass is 10.1. The van der Waals surface area contributed by atoms with Crippen LogP contribution in [0.5, 0.6) is 0 Å². The van der Waals surface area contributed by atoms with Gasteiger partial charge in [-0.3, -0.25) is 14.9 Å². The molecule has 1 N–H and O–H groups in total. The third kappa shape index (κ3) is 4.16. The molecule has 6 heteroatoms. The largest absolute Gasteiger partial charge is 0.396 e. The molecule has 0 radical (unpaired) electrons. The maximum absolute atomic E-state index is 10.8. The quantitative estimate of drug-likeness (QED) is 0.642. The first-order valence-electron chi connectivity index (χ1n) is 5.05. The molecule has 0 aromatic heterocycles. The van der Waals surface area contributed by atoms with Crippen LogP contribution in [0.3, 0.4) is 0 Å². The van der Waals surface area contributed by atoms with Crippen LogP contribution in [-0.4, -0.2) is 21.8 Å². The van der Waals surface area contributed by atoms with Crippen LogP contribution < -0.4 is 0 Å². The van der Waals surface area contributed by atoms with E-state index in [2.05, 4.69) is 0 Å². The fourth-order valence-electron chi connectivity index (χ4n) is 1.41. The Balaban J connectivity index is 2.92. The molecule has 92 valence electrons. The molecule has 0 atom stereocenters. The van der Waals surface area contributed by atoms with Crippen molar-refractivity contribution >= 4 is 22.6 Å². The van der Waals surface area contributed by atoms with Crippen LogP contribution in [0.1, 0.15) is 18.1 Å². The van der Waals surface area contributed by atoms with Crippen LogP contribution in [0.15, 0.2) is 18.2 Å². The minimum atomic E-state index is -0.465. The van der Waals surface area contributed by atoms with Crippen molar-refractivity contribution in [2.75, 3.05) is 6.61 Å². The van der Waals surface area contributed by atoms with E-state index in [0.717, 1.165) is 17.3 Å². The number of thioether (sulfide) groups is 1. The lowest BCUT2D eigenvalue weighted by molar-refractivity contribution is -0.385. The molecule has 0 aliphatic heterocycles. The Kier molecular flexibility index (Phi) is 5.11. The van der Waals surface area contributed by atoms with Crippen LogP contribution in [0.25, 0.3) is 0 Å². The molecule has 0 amide bonds. The molecule has 0 heterocycles. The van der Waals surface area contributed by atoms with Gasteiger partial charge in [0.15, 0.2) is 5.12 Å². The van der Waals surface area contributed by atoms with Gasteiger partial charge in [-0.15, -0.1) is 0 Å². The predicted molar refractivity (Wildman–Crippen MR) is 65.9 cm³/mol. The monoisotopic (exact) mass is 255 g/mol. The Morgan fingerprint density at radius 2 is 2.24 bits per heavy atom. The highest BCUT2D eigenvalue weighted by molar-refractivity contribution is 8.12. The second-order valence-corrected chi connectivity index (χ2v) is 4.63. The zero-order valence-corrected chi connectivity index (χ0v) is 10.2. The molecule has 1 aromatic carbocycles. The lowest BCUT2D eigenvalue weighted by Crippen LogP contribution is -1.99. The van der Waals surface area contributed by atoms with E-state index < -0.39 is 4.92 Å². The Bertz CT molecular complexity index is 433. The molecule has 0 spiro atoms. The molecule has 0 saturated carbocycles. The van der Waals surface area contributed by atoms with Crippen molar-refractivity contribution in [3.05, 3.63) is 39.4 Å². The average molecular weight is 255 g/mol. The second kappa shape index (κ2) is 6.36. The first-order chi connectivity index (χ1) is 8.04. The molecule has 0 bridgehead atoms. The Labute approximate surface area is 103 Å². The van der Waals surface area contributed by atoms with E-state index in [1.807, 2.05) is 0 Å². The predicted octanol–water partition coefficient (Wildman–Crippen LogP) is 1.91. The SMILES string of the molecule is CC(=O)SCc1ccc([N+](=O)[O-])c(CCO)c1. The number of hydrogen-bond acceptors (Lipinski definition) is 5. The van der Waals surface area contributed by atoms with E-state index >= 15 is 0 Å². The standard InChI is InChI=1S/C11H13NO4S/c1-8(14)17-7-9-2-3-11(12(15)16)10(6-9)4-5-13/h2-3,6,13H,4-5,7H2,1H3. The van der Waals surface area contributed by atoms with E-state index in [1.54, 1.807) is 12.1 Å². The number of aliphatic hydroxyl groups is 1. The summed E-state index contributed by atoms with van der Waals surface area (Å²) in [7, 11) is 0. The number of nitro benzene ring substituents is 1. The average Bonchev–Trinajstić information content (AvgIpc) is 2.26. The Morgan fingerprint density at radius 1 is 1.53 bits per heavy atom. The van der Waals surface area contributed by atoms with Gasteiger partial charge in [-0.1, -0.05) is 17.8 Å². The molecule has 1 aromatic rings. The summed E-state index contributed by atoms with van der Waals surface area (Å²) in [5, 5.41) is 19.6. The second-order valence-electron chi connectivity index (χ2n) is 3.47. The third-order valence-electron chi connectivity index (χ3n) is 2.16. The molecule has 1 rings (SSSR count). The zero-order valence-electron chi connectivity index (χ0n) is 9.38. The van der Waals surface area contributed by atoms with Crippen molar-refractivity contribution in [2.45, 2.75) is 19.1 Å². The number of benzene rings is 1. The Hall–Kier alpha value is -1.40. The zero-order chi connectivity index (χ0) is 12.8. The topological polar surface area (TPSA) is 80.4 Å². The van der Waals surface area contributed by atoms with Gasteiger partial charge in [-0.05, 0) is 11.6 Å². The first-order valence-corrected chi connectivity index (χ1v) is 6.03. The van der Waals surface area contributed by atoms with Crippen LogP contribution in [0.4, 0.5) is 5.69 Å². The lowest BCUT2D eigenvalue weighted by Gasteiger charge is -2.04. The van der Waals surface area contributed by atoms with Crippen LogP contribution in [-0.2, 0) is 17.0 Å². The number of aliphatic hydroxyl groups excluding tert-OH is 1. The van der Waals surface area contributed by atoms with Gasteiger partial charge in [0.1, 0.15) is 0 Å². The molecular formula is C11H13NO4S. The molecular weight excluding hydrogens is 242 g/mol. The molecule has 0 fully saturated rings. The maximum atomic E-state index is 10.8.